The highest BCUT2D eigenvalue weighted by Crippen LogP contribution is 1.83. The lowest BCUT2D eigenvalue weighted by molar-refractivity contribution is 0.707. The summed E-state index contributed by atoms with van der Waals surface area (Å²) in [5.41, 5.74) is 2.38. The zero-order chi connectivity index (χ0) is 2.99. The lowest BCUT2D eigenvalue weighted by atomic mass is 11.4. The van der Waals surface area contributed by atoms with E-state index in [4.69, 9.17) is 0 Å². The Labute approximate surface area is 23.8 Å². The summed E-state index contributed by atoms with van der Waals surface area (Å²) in [6, 6.07) is 0. The minimum Gasteiger partial charge on any atom is -0.771 e. The lowest BCUT2D eigenvalue weighted by Crippen LogP contribution is -1.80. The molecule has 1 fully saturated rings. The molecule has 4 heavy (non-hydrogen) atoms. The van der Waals surface area contributed by atoms with Gasteiger partial charge in [-0.3, -0.25) is 5.43 Å². The van der Waals surface area contributed by atoms with Crippen LogP contribution in [-0.4, -0.2) is 11.8 Å². The Balaban J connectivity index is 2.17. The average Bonchev–Trinajstić information content (AvgIpc) is 1.75. The molecule has 0 amide bonds. The molecular formula is CH3N2O-. The van der Waals surface area contributed by atoms with Gasteiger partial charge in [0.15, 0.2) is 0 Å². The van der Waals surface area contributed by atoms with Crippen LogP contribution in [0.3, 0.4) is 0 Å². The van der Waals surface area contributed by atoms with E-state index in [1.165, 1.54) is 0 Å². The Hall–Kier alpha value is -0.120. The summed E-state index contributed by atoms with van der Waals surface area (Å²) < 4.78 is 0. The van der Waals surface area contributed by atoms with Crippen LogP contribution in [0.4, 0.5) is 0 Å². The number of nitrogens with zero attached hydrogens (tertiary/aromatic N) is 1. The molecule has 0 aliphatic carbocycles. The molecule has 0 saturated carbocycles. The summed E-state index contributed by atoms with van der Waals surface area (Å²) in [6.07, 6.45) is 0. The van der Waals surface area contributed by atoms with Crippen LogP contribution in [0, 0.1) is 5.21 Å². The number of hydrogen-bond acceptors (Lipinski definition) is 3. The fourth-order valence-corrected chi connectivity index (χ4v) is 0.0289. The topological polar surface area (TPSA) is 48.0 Å². The first-order chi connectivity index (χ1) is 1.89. The maximum absolute atomic E-state index is 9.36. The van der Waals surface area contributed by atoms with Crippen molar-refractivity contribution in [2.24, 2.45) is 0 Å². The molecule has 1 rings (SSSR count). The maximum Gasteiger partial charge on any atom is 0.0619 e. The molecule has 0 aromatic rings. The summed E-state index contributed by atoms with van der Waals surface area (Å²) in [6.45, 7) is 0.514. The largest absolute Gasteiger partial charge is 0.771 e. The van der Waals surface area contributed by atoms with Gasteiger partial charge in [0, 0.05) is 0 Å². The van der Waals surface area contributed by atoms with E-state index < -0.39 is 0 Å². The van der Waals surface area contributed by atoms with E-state index in [2.05, 4.69) is 5.43 Å². The van der Waals surface area contributed by atoms with Gasteiger partial charge in [0.25, 0.3) is 0 Å². The van der Waals surface area contributed by atoms with Gasteiger partial charge in [-0.1, -0.05) is 0 Å². The number of rotatable bonds is 0. The molecule has 1 atom stereocenters. The van der Waals surface area contributed by atoms with E-state index in [1.807, 2.05) is 0 Å². The molecule has 0 bridgehead atoms. The number of nitrogens with one attached hydrogen (secondary N) is 1. The van der Waals surface area contributed by atoms with Gasteiger partial charge < -0.3 is 10.4 Å². The van der Waals surface area contributed by atoms with Gasteiger partial charge in [-0.2, -0.15) is 0 Å². The number of hydrazine groups is 1. The smallest absolute Gasteiger partial charge is 0.0619 e. The molecule has 1 N–H and O–H groups in total. The number of hydroxylamine groups is 1. The molecule has 3 nitrogen and oxygen atoms in total. The van der Waals surface area contributed by atoms with Gasteiger partial charge in [0.2, 0.25) is 0 Å². The first kappa shape index (κ1) is 2.14. The van der Waals surface area contributed by atoms with Crippen molar-refractivity contribution >= 4 is 0 Å². The second kappa shape index (κ2) is 0.427. The monoisotopic (exact) mass is 59.0 g/mol. The summed E-state index contributed by atoms with van der Waals surface area (Å²) in [5, 5.41) is 10.1. The van der Waals surface area contributed by atoms with Gasteiger partial charge in [-0.05, 0) is 0 Å². The van der Waals surface area contributed by atoms with Crippen LogP contribution in [0.25, 0.3) is 0 Å². The number of hydrogen-bond donors (Lipinski definition) is 1. The average molecular weight is 59.0 g/mol. The Morgan fingerprint density at radius 3 is 2.25 bits per heavy atom. The Morgan fingerprint density at radius 2 is 2.25 bits per heavy atom. The van der Waals surface area contributed by atoms with Crippen molar-refractivity contribution in [2.45, 2.75) is 0 Å². The molecule has 0 radical (unpaired) electrons. The van der Waals surface area contributed by atoms with Crippen molar-refractivity contribution in [2.75, 3.05) is 6.67 Å². The Bertz CT molecular complexity index is 25.2. The van der Waals surface area contributed by atoms with E-state index in [1.54, 1.807) is 0 Å². The third-order valence-corrected chi connectivity index (χ3v) is 0.287. The molecule has 0 aromatic heterocycles. The minimum atomic E-state index is 0.514. The van der Waals surface area contributed by atoms with Crippen LogP contribution in [0.15, 0.2) is 0 Å². The second-order valence-corrected chi connectivity index (χ2v) is 0.695. The van der Waals surface area contributed by atoms with E-state index in [9.17, 15) is 5.21 Å². The van der Waals surface area contributed by atoms with Crippen LogP contribution in [0.5, 0.6) is 0 Å². The van der Waals surface area contributed by atoms with E-state index in [0.29, 0.717) is 6.67 Å². The van der Waals surface area contributed by atoms with Crippen LogP contribution >= 0.6 is 0 Å². The molecule has 1 saturated heterocycles. The van der Waals surface area contributed by atoms with Crippen molar-refractivity contribution in [1.29, 1.82) is 0 Å². The van der Waals surface area contributed by atoms with Crippen molar-refractivity contribution < 1.29 is 0 Å². The van der Waals surface area contributed by atoms with E-state index >= 15 is 0 Å². The first-order valence-corrected chi connectivity index (χ1v) is 1.08. The quantitative estimate of drug-likeness (QED) is 0.374. The fourth-order valence-electron chi connectivity index (χ4n) is 0.0289. The van der Waals surface area contributed by atoms with Crippen molar-refractivity contribution in [3.63, 3.8) is 0 Å². The molecule has 1 aliphatic heterocycles. The van der Waals surface area contributed by atoms with E-state index in [0.717, 1.165) is 5.17 Å². The van der Waals surface area contributed by atoms with Gasteiger partial charge in [-0.15, -0.1) is 0 Å². The van der Waals surface area contributed by atoms with Gasteiger partial charge >= 0.3 is 0 Å². The Kier molecular flexibility index (Phi) is 0.228. The molecule has 3 heteroatoms. The van der Waals surface area contributed by atoms with Gasteiger partial charge in [-0.25, -0.2) is 0 Å². The molecule has 24 valence electrons. The van der Waals surface area contributed by atoms with Crippen molar-refractivity contribution in [1.82, 2.24) is 10.6 Å². The highest BCUT2D eigenvalue weighted by atomic mass is 16.6. The highest BCUT2D eigenvalue weighted by Gasteiger charge is 1.96. The molecule has 0 aromatic carbocycles. The summed E-state index contributed by atoms with van der Waals surface area (Å²) >= 11 is 0. The molecular weight excluding hydrogens is 56.0 g/mol. The molecule has 1 heterocycles. The Morgan fingerprint density at radius 1 is 2.00 bits per heavy atom. The molecule has 1 aliphatic rings. The predicted octanol–water partition coefficient (Wildman–Crippen LogP) is -0.738. The molecule has 0 spiro atoms. The van der Waals surface area contributed by atoms with Crippen molar-refractivity contribution in [3.05, 3.63) is 5.21 Å². The maximum atomic E-state index is 9.36. The van der Waals surface area contributed by atoms with Crippen LogP contribution in [-0.2, 0) is 0 Å². The zero-order valence-electron chi connectivity index (χ0n) is 2.06. The first-order valence-electron chi connectivity index (χ1n) is 1.08. The predicted molar refractivity (Wildman–Crippen MR) is 13.2 cm³/mol. The van der Waals surface area contributed by atoms with Crippen molar-refractivity contribution in [3.8, 4) is 0 Å². The summed E-state index contributed by atoms with van der Waals surface area (Å²) in [4.78, 5) is 0. The van der Waals surface area contributed by atoms with Crippen LogP contribution < -0.4 is 5.43 Å². The zero-order valence-corrected chi connectivity index (χ0v) is 2.06. The second-order valence-electron chi connectivity index (χ2n) is 0.695. The SMILES string of the molecule is [O-]N1CN1. The summed E-state index contributed by atoms with van der Waals surface area (Å²) in [7, 11) is 0. The van der Waals surface area contributed by atoms with Gasteiger partial charge in [0.05, 0.1) is 6.67 Å². The van der Waals surface area contributed by atoms with E-state index in [-0.39, 0.29) is 0 Å². The standard InChI is InChI=1S/CH3N2O/c4-3-1-2-3/h2H,1H2/q-1. The third kappa shape index (κ3) is 0.176. The minimum absolute atomic E-state index is 0.514. The summed E-state index contributed by atoms with van der Waals surface area (Å²) in [5.74, 6) is 0. The lowest BCUT2D eigenvalue weighted by Gasteiger charge is -1.90. The van der Waals surface area contributed by atoms with Crippen LogP contribution in [0.2, 0.25) is 0 Å². The van der Waals surface area contributed by atoms with Crippen LogP contribution in [0.1, 0.15) is 0 Å². The third-order valence-electron chi connectivity index (χ3n) is 0.287. The molecule has 1 unspecified atom stereocenters. The fraction of sp³-hybridized carbons (Fsp3) is 1.00. The highest BCUT2D eigenvalue weighted by molar-refractivity contribution is 4.56. The normalized spacial score (nSPS) is 39.8. The van der Waals surface area contributed by atoms with Gasteiger partial charge in [0.1, 0.15) is 0 Å².